The summed E-state index contributed by atoms with van der Waals surface area (Å²) in [6, 6.07) is 5.93. The molecule has 1 amide bonds. The van der Waals surface area contributed by atoms with Gasteiger partial charge in [-0.25, -0.2) is 4.98 Å². The van der Waals surface area contributed by atoms with E-state index < -0.39 is 0 Å². The first-order valence-electron chi connectivity index (χ1n) is 9.94. The van der Waals surface area contributed by atoms with Crippen LogP contribution in [-0.2, 0) is 17.6 Å². The Hall–Kier alpha value is -1.54. The second-order valence-corrected chi connectivity index (χ2v) is 9.48. The molecule has 1 aromatic heterocycles. The molecule has 0 radical (unpaired) electrons. The third kappa shape index (κ3) is 4.97. The van der Waals surface area contributed by atoms with E-state index in [1.54, 1.807) is 17.4 Å². The SMILES string of the molecule is Nc1nc2c(s1)CC(NC(=O)CCN1CCN(c3cccc(Cl)c3Cl)CC1)CC2. The van der Waals surface area contributed by atoms with Crippen molar-refractivity contribution in [3.05, 3.63) is 38.8 Å². The standard InChI is InChI=1S/C20H25Cl2N5OS/c21-14-2-1-3-16(19(14)22)27-10-8-26(9-11-27)7-6-18(28)24-13-4-5-15-17(12-13)29-20(23)25-15/h1-3,13H,4-12H2,(H2,23,25)(H,24,28). The molecule has 2 aliphatic rings. The molecule has 6 nitrogen and oxygen atoms in total. The summed E-state index contributed by atoms with van der Waals surface area (Å²) in [5.41, 5.74) is 7.89. The first kappa shape index (κ1) is 20.7. The first-order valence-corrected chi connectivity index (χ1v) is 11.5. The fourth-order valence-electron chi connectivity index (χ4n) is 4.03. The highest BCUT2D eigenvalue weighted by Crippen LogP contribution is 2.33. The van der Waals surface area contributed by atoms with Crippen LogP contribution in [-0.4, -0.2) is 54.6 Å². The van der Waals surface area contributed by atoms with Crippen LogP contribution in [0.3, 0.4) is 0 Å². The number of rotatable bonds is 5. The molecule has 1 saturated heterocycles. The fraction of sp³-hybridized carbons (Fsp3) is 0.500. The molecule has 0 bridgehead atoms. The Labute approximate surface area is 185 Å². The van der Waals surface area contributed by atoms with Gasteiger partial charge in [0.15, 0.2) is 5.13 Å². The van der Waals surface area contributed by atoms with Gasteiger partial charge in [0.05, 0.1) is 21.4 Å². The summed E-state index contributed by atoms with van der Waals surface area (Å²) < 4.78 is 0. The van der Waals surface area contributed by atoms with Crippen molar-refractivity contribution < 1.29 is 4.79 Å². The summed E-state index contributed by atoms with van der Waals surface area (Å²) >= 11 is 14.0. The van der Waals surface area contributed by atoms with E-state index in [9.17, 15) is 4.79 Å². The van der Waals surface area contributed by atoms with Crippen LogP contribution in [0.25, 0.3) is 0 Å². The molecule has 29 heavy (non-hydrogen) atoms. The molecule has 2 heterocycles. The van der Waals surface area contributed by atoms with Gasteiger partial charge in [0.2, 0.25) is 5.91 Å². The number of thiazole rings is 1. The van der Waals surface area contributed by atoms with Gasteiger partial charge in [-0.15, -0.1) is 11.3 Å². The zero-order chi connectivity index (χ0) is 20.4. The zero-order valence-electron chi connectivity index (χ0n) is 16.2. The number of piperazine rings is 1. The van der Waals surface area contributed by atoms with Gasteiger partial charge in [-0.1, -0.05) is 29.3 Å². The molecule has 2 aromatic rings. The summed E-state index contributed by atoms with van der Waals surface area (Å²) in [6.45, 7) is 4.33. The van der Waals surface area contributed by atoms with E-state index in [4.69, 9.17) is 28.9 Å². The predicted molar refractivity (Wildman–Crippen MR) is 120 cm³/mol. The maximum Gasteiger partial charge on any atom is 0.221 e. The average Bonchev–Trinajstić information content (AvgIpc) is 3.08. The number of nitrogens with one attached hydrogen (secondary N) is 1. The highest BCUT2D eigenvalue weighted by Gasteiger charge is 2.24. The Bertz CT molecular complexity index is 882. The maximum atomic E-state index is 12.4. The lowest BCUT2D eigenvalue weighted by Crippen LogP contribution is -2.48. The van der Waals surface area contributed by atoms with Crippen LogP contribution in [0.4, 0.5) is 10.8 Å². The predicted octanol–water partition coefficient (Wildman–Crippen LogP) is 3.22. The van der Waals surface area contributed by atoms with Crippen molar-refractivity contribution in [2.24, 2.45) is 0 Å². The molecule has 0 spiro atoms. The molecule has 1 aliphatic heterocycles. The Morgan fingerprint density at radius 2 is 2.07 bits per heavy atom. The number of hydrogen-bond donors (Lipinski definition) is 2. The number of halogens is 2. The number of fused-ring (bicyclic) bond motifs is 1. The minimum atomic E-state index is 0.122. The molecular formula is C20H25Cl2N5OS. The number of amides is 1. The third-order valence-corrected chi connectivity index (χ3v) is 7.38. The van der Waals surface area contributed by atoms with Gasteiger partial charge in [-0.2, -0.15) is 0 Å². The third-order valence-electron chi connectivity index (χ3n) is 5.62. The summed E-state index contributed by atoms with van der Waals surface area (Å²) in [4.78, 5) is 22.6. The van der Waals surface area contributed by atoms with E-state index in [-0.39, 0.29) is 11.9 Å². The highest BCUT2D eigenvalue weighted by atomic mass is 35.5. The van der Waals surface area contributed by atoms with E-state index in [0.29, 0.717) is 21.6 Å². The summed E-state index contributed by atoms with van der Waals surface area (Å²) in [6.07, 6.45) is 3.18. The number of nitrogens with zero attached hydrogens (tertiary/aromatic N) is 3. The maximum absolute atomic E-state index is 12.4. The molecule has 1 aliphatic carbocycles. The van der Waals surface area contributed by atoms with E-state index in [2.05, 4.69) is 20.1 Å². The second kappa shape index (κ2) is 9.08. The van der Waals surface area contributed by atoms with Gasteiger partial charge in [-0.3, -0.25) is 9.69 Å². The Morgan fingerprint density at radius 3 is 2.86 bits per heavy atom. The number of nitrogen functional groups attached to an aromatic ring is 1. The van der Waals surface area contributed by atoms with E-state index >= 15 is 0 Å². The van der Waals surface area contributed by atoms with E-state index in [1.807, 2.05) is 12.1 Å². The lowest BCUT2D eigenvalue weighted by Gasteiger charge is -2.36. The number of benzene rings is 1. The van der Waals surface area contributed by atoms with Gasteiger partial charge in [0.1, 0.15) is 0 Å². The second-order valence-electron chi connectivity index (χ2n) is 7.58. The Kier molecular flexibility index (Phi) is 6.49. The number of carbonyl (C=O) groups is 1. The molecule has 0 saturated carbocycles. The number of aromatic nitrogens is 1. The molecular weight excluding hydrogens is 429 g/mol. The molecule has 4 rings (SSSR count). The zero-order valence-corrected chi connectivity index (χ0v) is 18.5. The minimum Gasteiger partial charge on any atom is -0.375 e. The Morgan fingerprint density at radius 1 is 1.28 bits per heavy atom. The number of carbonyl (C=O) groups excluding carboxylic acids is 1. The van der Waals surface area contributed by atoms with Crippen molar-refractivity contribution in [3.63, 3.8) is 0 Å². The van der Waals surface area contributed by atoms with Crippen LogP contribution in [0.1, 0.15) is 23.4 Å². The number of anilines is 2. The lowest BCUT2D eigenvalue weighted by atomic mass is 9.97. The van der Waals surface area contributed by atoms with Gasteiger partial charge in [-0.05, 0) is 25.0 Å². The first-order chi connectivity index (χ1) is 14.0. The fourth-order valence-corrected chi connectivity index (χ4v) is 5.40. The minimum absolute atomic E-state index is 0.122. The normalized spacial score (nSPS) is 19.8. The van der Waals surface area contributed by atoms with Crippen molar-refractivity contribution in [2.45, 2.75) is 31.7 Å². The average molecular weight is 454 g/mol. The summed E-state index contributed by atoms with van der Waals surface area (Å²) in [7, 11) is 0. The van der Waals surface area contributed by atoms with Crippen LogP contribution < -0.4 is 16.0 Å². The van der Waals surface area contributed by atoms with Crippen LogP contribution >= 0.6 is 34.5 Å². The molecule has 3 N–H and O–H groups in total. The van der Waals surface area contributed by atoms with Gasteiger partial charge in [0.25, 0.3) is 0 Å². The number of nitrogens with two attached hydrogens (primary N) is 1. The largest absolute Gasteiger partial charge is 0.375 e. The summed E-state index contributed by atoms with van der Waals surface area (Å²) in [5.74, 6) is 0.122. The van der Waals surface area contributed by atoms with Crippen LogP contribution in [0.2, 0.25) is 10.0 Å². The van der Waals surface area contributed by atoms with Crippen LogP contribution in [0.15, 0.2) is 18.2 Å². The monoisotopic (exact) mass is 453 g/mol. The lowest BCUT2D eigenvalue weighted by molar-refractivity contribution is -0.122. The Balaban J connectivity index is 1.20. The molecule has 9 heteroatoms. The molecule has 156 valence electrons. The van der Waals surface area contributed by atoms with Crippen molar-refractivity contribution in [3.8, 4) is 0 Å². The van der Waals surface area contributed by atoms with Crippen LogP contribution in [0.5, 0.6) is 0 Å². The van der Waals surface area contributed by atoms with Crippen molar-refractivity contribution in [2.75, 3.05) is 43.4 Å². The van der Waals surface area contributed by atoms with Gasteiger partial charge in [0, 0.05) is 56.5 Å². The van der Waals surface area contributed by atoms with Gasteiger partial charge >= 0.3 is 0 Å². The van der Waals surface area contributed by atoms with E-state index in [0.717, 1.165) is 63.4 Å². The van der Waals surface area contributed by atoms with E-state index in [1.165, 1.54) is 4.88 Å². The van der Waals surface area contributed by atoms with Crippen molar-refractivity contribution in [1.29, 1.82) is 0 Å². The molecule has 1 atom stereocenters. The smallest absolute Gasteiger partial charge is 0.221 e. The molecule has 1 fully saturated rings. The molecule has 1 unspecified atom stereocenters. The quantitative estimate of drug-likeness (QED) is 0.726. The topological polar surface area (TPSA) is 74.5 Å². The van der Waals surface area contributed by atoms with Crippen molar-refractivity contribution >= 4 is 51.3 Å². The highest BCUT2D eigenvalue weighted by molar-refractivity contribution is 7.15. The molecule has 1 aromatic carbocycles. The number of aryl methyl sites for hydroxylation is 1. The number of hydrogen-bond acceptors (Lipinski definition) is 6. The van der Waals surface area contributed by atoms with Crippen LogP contribution in [0, 0.1) is 0 Å². The van der Waals surface area contributed by atoms with Crippen molar-refractivity contribution in [1.82, 2.24) is 15.2 Å². The van der Waals surface area contributed by atoms with Gasteiger partial charge < -0.3 is 16.0 Å². The summed E-state index contributed by atoms with van der Waals surface area (Å²) in [5, 5.41) is 5.01.